The number of carbonyl (C=O) groups is 1. The number of hydrogen-bond donors (Lipinski definition) is 1. The molecule has 0 aliphatic carbocycles. The van der Waals surface area contributed by atoms with Gasteiger partial charge in [-0.3, -0.25) is 4.79 Å². The van der Waals surface area contributed by atoms with Crippen molar-refractivity contribution in [2.45, 2.75) is 26.3 Å². The molecule has 0 radical (unpaired) electrons. The van der Waals surface area contributed by atoms with Crippen LogP contribution in [0.4, 0.5) is 5.82 Å². The first kappa shape index (κ1) is 17.3. The Bertz CT molecular complexity index is 1020. The number of amides is 1. The van der Waals surface area contributed by atoms with E-state index in [1.54, 1.807) is 24.2 Å². The van der Waals surface area contributed by atoms with E-state index < -0.39 is 0 Å². The van der Waals surface area contributed by atoms with E-state index in [0.717, 1.165) is 53.1 Å². The van der Waals surface area contributed by atoms with E-state index in [4.69, 9.17) is 4.42 Å². The number of fused-ring (bicyclic) bond motifs is 2. The van der Waals surface area contributed by atoms with Gasteiger partial charge >= 0.3 is 0 Å². The van der Waals surface area contributed by atoms with Gasteiger partial charge in [-0.2, -0.15) is 0 Å². The molecule has 2 aromatic heterocycles. The number of para-hydroxylation sites is 1. The Morgan fingerprint density at radius 1 is 1.37 bits per heavy atom. The third-order valence-corrected chi connectivity index (χ3v) is 5.02. The molecule has 138 valence electrons. The lowest BCUT2D eigenvalue weighted by Gasteiger charge is -2.17. The molecular formula is C22H23N3O2. The van der Waals surface area contributed by atoms with E-state index in [-0.39, 0.29) is 5.91 Å². The van der Waals surface area contributed by atoms with Gasteiger partial charge in [0.25, 0.3) is 0 Å². The second-order valence-electron chi connectivity index (χ2n) is 6.98. The van der Waals surface area contributed by atoms with Crippen LogP contribution in [0.15, 0.2) is 47.0 Å². The highest BCUT2D eigenvalue weighted by molar-refractivity contribution is 5.91. The number of hydrogen-bond acceptors (Lipinski definition) is 4. The number of nitrogens with one attached hydrogen (secondary N) is 1. The highest BCUT2D eigenvalue weighted by Gasteiger charge is 2.14. The molecule has 1 aromatic carbocycles. The van der Waals surface area contributed by atoms with Crippen LogP contribution in [-0.2, 0) is 17.8 Å². The van der Waals surface area contributed by atoms with Crippen LogP contribution in [0, 0.1) is 6.92 Å². The van der Waals surface area contributed by atoms with Gasteiger partial charge in [0.1, 0.15) is 17.2 Å². The highest BCUT2D eigenvalue weighted by atomic mass is 16.3. The molecule has 0 atom stereocenters. The summed E-state index contributed by atoms with van der Waals surface area (Å²) in [6.45, 7) is 3.44. The fourth-order valence-corrected chi connectivity index (χ4v) is 3.42. The molecule has 3 aromatic rings. The van der Waals surface area contributed by atoms with Crippen molar-refractivity contribution in [2.75, 3.05) is 18.9 Å². The van der Waals surface area contributed by atoms with Crippen molar-refractivity contribution in [1.29, 1.82) is 0 Å². The molecule has 0 saturated carbocycles. The topological polar surface area (TPSA) is 58.4 Å². The summed E-state index contributed by atoms with van der Waals surface area (Å²) in [5.74, 6) is 1.72. The smallest absolute Gasteiger partial charge is 0.246 e. The highest BCUT2D eigenvalue weighted by Crippen LogP contribution is 2.26. The molecule has 27 heavy (non-hydrogen) atoms. The molecule has 0 unspecified atom stereocenters. The average molecular weight is 361 g/mol. The summed E-state index contributed by atoms with van der Waals surface area (Å²) in [6, 6.07) is 10.0. The SMILES string of the molecule is Cc1c(CN(C)C(=O)/C=C/c2cnc3c(c2)CCCN3)oc2ccccc12. The van der Waals surface area contributed by atoms with Gasteiger partial charge < -0.3 is 14.6 Å². The molecule has 1 N–H and O–H groups in total. The molecule has 0 saturated heterocycles. The Labute approximate surface area is 158 Å². The summed E-state index contributed by atoms with van der Waals surface area (Å²) in [6.07, 6.45) is 7.35. The Kier molecular flexibility index (Phi) is 4.67. The molecule has 4 rings (SSSR count). The first-order valence-electron chi connectivity index (χ1n) is 9.25. The maximum absolute atomic E-state index is 12.5. The number of pyridine rings is 1. The van der Waals surface area contributed by atoms with Crippen LogP contribution in [0.2, 0.25) is 0 Å². The summed E-state index contributed by atoms with van der Waals surface area (Å²) in [5.41, 5.74) is 4.09. The van der Waals surface area contributed by atoms with E-state index in [9.17, 15) is 4.79 Å². The second-order valence-corrected chi connectivity index (χ2v) is 6.98. The molecule has 0 fully saturated rings. The number of aryl methyl sites for hydroxylation is 2. The molecule has 5 heteroatoms. The molecule has 3 heterocycles. The van der Waals surface area contributed by atoms with Crippen LogP contribution in [0.1, 0.15) is 28.9 Å². The summed E-state index contributed by atoms with van der Waals surface area (Å²) in [5, 5.41) is 4.39. The van der Waals surface area contributed by atoms with Crippen molar-refractivity contribution in [3.8, 4) is 0 Å². The van der Waals surface area contributed by atoms with E-state index in [1.165, 1.54) is 5.56 Å². The third-order valence-electron chi connectivity index (χ3n) is 5.02. The number of likely N-dealkylation sites (N-methyl/N-ethyl adjacent to an activating group) is 1. The molecule has 1 aliphatic heterocycles. The number of anilines is 1. The molecular weight excluding hydrogens is 338 g/mol. The van der Waals surface area contributed by atoms with Gasteiger partial charge in [0.2, 0.25) is 5.91 Å². The Morgan fingerprint density at radius 2 is 2.22 bits per heavy atom. The van der Waals surface area contributed by atoms with Crippen molar-refractivity contribution >= 4 is 28.8 Å². The number of nitrogens with zero attached hydrogens (tertiary/aromatic N) is 2. The van der Waals surface area contributed by atoms with Crippen LogP contribution in [0.3, 0.4) is 0 Å². The predicted molar refractivity (Wildman–Crippen MR) is 108 cm³/mol. The molecule has 1 aliphatic rings. The maximum atomic E-state index is 12.5. The van der Waals surface area contributed by atoms with Crippen molar-refractivity contribution in [3.05, 3.63) is 65.1 Å². The summed E-state index contributed by atoms with van der Waals surface area (Å²) in [4.78, 5) is 18.6. The molecule has 0 bridgehead atoms. The summed E-state index contributed by atoms with van der Waals surface area (Å²) < 4.78 is 5.91. The predicted octanol–water partition coefficient (Wildman–Crippen LogP) is 4.17. The first-order chi connectivity index (χ1) is 13.1. The van der Waals surface area contributed by atoms with Gasteiger partial charge in [0.05, 0.1) is 6.54 Å². The maximum Gasteiger partial charge on any atom is 0.246 e. The van der Waals surface area contributed by atoms with Gasteiger partial charge in [0, 0.05) is 36.8 Å². The standard InChI is InChI=1S/C22H23N3O2/c1-15-18-7-3-4-8-19(18)27-20(15)14-25(2)21(26)10-9-16-12-17-6-5-11-23-22(17)24-13-16/h3-4,7-10,12-13H,5-6,11,14H2,1-2H3,(H,23,24)/b10-9+. The van der Waals surface area contributed by atoms with E-state index in [2.05, 4.69) is 16.4 Å². The number of benzene rings is 1. The van der Waals surface area contributed by atoms with E-state index in [1.807, 2.05) is 37.3 Å². The summed E-state index contributed by atoms with van der Waals surface area (Å²) >= 11 is 0. The number of aromatic nitrogens is 1. The lowest BCUT2D eigenvalue weighted by molar-refractivity contribution is -0.125. The van der Waals surface area contributed by atoms with Crippen LogP contribution in [0.25, 0.3) is 17.0 Å². The Balaban J connectivity index is 1.45. The second kappa shape index (κ2) is 7.27. The lowest BCUT2D eigenvalue weighted by atomic mass is 10.1. The van der Waals surface area contributed by atoms with Gasteiger partial charge in [-0.1, -0.05) is 18.2 Å². The number of carbonyl (C=O) groups excluding carboxylic acids is 1. The first-order valence-corrected chi connectivity index (χ1v) is 9.25. The van der Waals surface area contributed by atoms with Gasteiger partial charge in [-0.15, -0.1) is 0 Å². The third kappa shape index (κ3) is 3.58. The monoisotopic (exact) mass is 361 g/mol. The van der Waals surface area contributed by atoms with Gasteiger partial charge in [-0.05, 0) is 49.1 Å². The van der Waals surface area contributed by atoms with Crippen molar-refractivity contribution < 1.29 is 9.21 Å². The van der Waals surface area contributed by atoms with E-state index in [0.29, 0.717) is 6.54 Å². The largest absolute Gasteiger partial charge is 0.459 e. The Hall–Kier alpha value is -3.08. The lowest BCUT2D eigenvalue weighted by Crippen LogP contribution is -2.24. The minimum Gasteiger partial charge on any atom is -0.459 e. The van der Waals surface area contributed by atoms with Crippen LogP contribution in [0.5, 0.6) is 0 Å². The normalized spacial score (nSPS) is 13.6. The fraction of sp³-hybridized carbons (Fsp3) is 0.273. The van der Waals surface area contributed by atoms with Gasteiger partial charge in [-0.25, -0.2) is 4.98 Å². The fourth-order valence-electron chi connectivity index (χ4n) is 3.42. The zero-order chi connectivity index (χ0) is 18.8. The van der Waals surface area contributed by atoms with Crippen LogP contribution in [-0.4, -0.2) is 29.4 Å². The van der Waals surface area contributed by atoms with Crippen molar-refractivity contribution in [2.24, 2.45) is 0 Å². The van der Waals surface area contributed by atoms with E-state index >= 15 is 0 Å². The van der Waals surface area contributed by atoms with Crippen molar-refractivity contribution in [1.82, 2.24) is 9.88 Å². The van der Waals surface area contributed by atoms with Gasteiger partial charge in [0.15, 0.2) is 0 Å². The van der Waals surface area contributed by atoms with Crippen LogP contribution >= 0.6 is 0 Å². The minimum atomic E-state index is -0.0642. The summed E-state index contributed by atoms with van der Waals surface area (Å²) in [7, 11) is 1.79. The Morgan fingerprint density at radius 3 is 3.07 bits per heavy atom. The molecule has 0 spiro atoms. The zero-order valence-electron chi connectivity index (χ0n) is 15.7. The molecule has 1 amide bonds. The zero-order valence-corrected chi connectivity index (χ0v) is 15.7. The van der Waals surface area contributed by atoms with Crippen molar-refractivity contribution in [3.63, 3.8) is 0 Å². The minimum absolute atomic E-state index is 0.0642. The quantitative estimate of drug-likeness (QED) is 0.709. The van der Waals surface area contributed by atoms with Crippen LogP contribution < -0.4 is 5.32 Å². The molecule has 5 nitrogen and oxygen atoms in total. The average Bonchev–Trinajstić information content (AvgIpc) is 3.01. The number of rotatable bonds is 4. The number of furan rings is 1.